The number of sulfone groups is 1. The maximum absolute atomic E-state index is 11.2. The third-order valence-corrected chi connectivity index (χ3v) is 3.63. The van der Waals surface area contributed by atoms with Crippen LogP contribution in [0.1, 0.15) is 12.8 Å². The van der Waals surface area contributed by atoms with E-state index in [2.05, 4.69) is 20.8 Å². The minimum absolute atomic E-state index is 0.0627. The average Bonchev–Trinajstić information content (AvgIpc) is 2.66. The lowest BCUT2D eigenvalue weighted by molar-refractivity contribution is 0.490. The van der Waals surface area contributed by atoms with Crippen molar-refractivity contribution in [3.05, 3.63) is 5.89 Å². The molecule has 0 amide bonds. The molecule has 0 aliphatic heterocycles. The molecule has 0 aromatic carbocycles. The van der Waals surface area contributed by atoms with Crippen LogP contribution < -0.4 is 10.6 Å². The van der Waals surface area contributed by atoms with Crippen molar-refractivity contribution in [2.45, 2.75) is 13.5 Å². The number of anilines is 1. The minimum Gasteiger partial charge on any atom is -0.407 e. The van der Waals surface area contributed by atoms with Crippen molar-refractivity contribution in [3.8, 4) is 0 Å². The molecule has 1 aromatic heterocycles. The quantitative estimate of drug-likeness (QED) is 0.679. The van der Waals surface area contributed by atoms with Crippen LogP contribution in [-0.2, 0) is 16.4 Å². The largest absolute Gasteiger partial charge is 0.407 e. The number of nitrogens with zero attached hydrogens (tertiary/aromatic N) is 2. The van der Waals surface area contributed by atoms with Crippen molar-refractivity contribution < 1.29 is 12.8 Å². The van der Waals surface area contributed by atoms with Gasteiger partial charge in [-0.1, -0.05) is 12.0 Å². The molecule has 8 heteroatoms. The van der Waals surface area contributed by atoms with Gasteiger partial charge in [0.2, 0.25) is 5.89 Å². The molecule has 0 unspecified atom stereocenters. The zero-order valence-corrected chi connectivity index (χ0v) is 10.2. The van der Waals surface area contributed by atoms with Crippen LogP contribution in [0.5, 0.6) is 0 Å². The molecule has 0 fully saturated rings. The van der Waals surface area contributed by atoms with Gasteiger partial charge in [0.1, 0.15) is 0 Å². The molecule has 0 atom stereocenters. The fraction of sp³-hybridized carbons (Fsp3) is 0.750. The molecular formula is C8H16N4O3S. The second kappa shape index (κ2) is 5.80. The molecular weight excluding hydrogens is 232 g/mol. The summed E-state index contributed by atoms with van der Waals surface area (Å²) in [5.41, 5.74) is 0. The highest BCUT2D eigenvalue weighted by molar-refractivity contribution is 7.91. The summed E-state index contributed by atoms with van der Waals surface area (Å²) in [6.45, 7) is 2.38. The number of hydrogen-bond acceptors (Lipinski definition) is 7. The summed E-state index contributed by atoms with van der Waals surface area (Å²) in [5, 5.41) is 13.1. The molecule has 16 heavy (non-hydrogen) atoms. The van der Waals surface area contributed by atoms with Crippen LogP contribution in [0.2, 0.25) is 0 Å². The molecule has 1 aromatic rings. The van der Waals surface area contributed by atoms with Crippen molar-refractivity contribution in [1.29, 1.82) is 0 Å². The van der Waals surface area contributed by atoms with E-state index in [4.69, 9.17) is 4.42 Å². The van der Waals surface area contributed by atoms with Crippen molar-refractivity contribution in [1.82, 2.24) is 15.5 Å². The number of rotatable bonds is 7. The lowest BCUT2D eigenvalue weighted by Crippen LogP contribution is -2.17. The first-order valence-corrected chi connectivity index (χ1v) is 6.81. The molecule has 0 aliphatic carbocycles. The van der Waals surface area contributed by atoms with Gasteiger partial charge in [0.25, 0.3) is 0 Å². The highest BCUT2D eigenvalue weighted by Crippen LogP contribution is 2.04. The van der Waals surface area contributed by atoms with Crippen LogP contribution in [-0.4, -0.2) is 43.7 Å². The zero-order chi connectivity index (χ0) is 12.0. The molecule has 0 radical (unpaired) electrons. The van der Waals surface area contributed by atoms with Gasteiger partial charge in [-0.05, 0) is 7.05 Å². The predicted molar refractivity (Wildman–Crippen MR) is 59.9 cm³/mol. The smallest absolute Gasteiger partial charge is 0.315 e. The van der Waals surface area contributed by atoms with E-state index >= 15 is 0 Å². The summed E-state index contributed by atoms with van der Waals surface area (Å²) in [7, 11) is -1.19. The Balaban J connectivity index is 2.37. The number of nitrogens with one attached hydrogen (secondary N) is 2. The van der Waals surface area contributed by atoms with Gasteiger partial charge in [-0.15, -0.1) is 5.10 Å². The average molecular weight is 248 g/mol. The van der Waals surface area contributed by atoms with Gasteiger partial charge in [-0.25, -0.2) is 8.42 Å². The van der Waals surface area contributed by atoms with Crippen molar-refractivity contribution in [2.75, 3.05) is 30.4 Å². The molecule has 0 bridgehead atoms. The second-order valence-corrected chi connectivity index (χ2v) is 5.67. The normalized spacial score (nSPS) is 11.6. The van der Waals surface area contributed by atoms with Gasteiger partial charge < -0.3 is 15.1 Å². The first-order chi connectivity index (χ1) is 7.57. The standard InChI is InChI=1S/C8H16N4O3S/c1-3-16(13,14)5-4-10-8-12-11-7(15-8)6-9-2/h9H,3-6H2,1-2H3,(H,10,12). The van der Waals surface area contributed by atoms with Gasteiger partial charge in [-0.2, -0.15) is 0 Å². The van der Waals surface area contributed by atoms with Crippen LogP contribution in [0, 0.1) is 0 Å². The van der Waals surface area contributed by atoms with Crippen LogP contribution >= 0.6 is 0 Å². The van der Waals surface area contributed by atoms with Crippen molar-refractivity contribution in [3.63, 3.8) is 0 Å². The Labute approximate surface area is 94.5 Å². The SMILES string of the molecule is CCS(=O)(=O)CCNc1nnc(CNC)o1. The Morgan fingerprint density at radius 1 is 1.38 bits per heavy atom. The topological polar surface area (TPSA) is 97.1 Å². The molecule has 1 heterocycles. The van der Waals surface area contributed by atoms with E-state index < -0.39 is 9.84 Å². The van der Waals surface area contributed by atoms with Gasteiger partial charge >= 0.3 is 6.01 Å². The third kappa shape index (κ3) is 4.15. The van der Waals surface area contributed by atoms with Gasteiger partial charge in [-0.3, -0.25) is 0 Å². The third-order valence-electron chi connectivity index (χ3n) is 1.92. The molecule has 0 saturated heterocycles. The molecule has 1 rings (SSSR count). The first kappa shape index (κ1) is 12.9. The maximum atomic E-state index is 11.2. The van der Waals surface area contributed by atoms with E-state index in [0.717, 1.165) is 0 Å². The lowest BCUT2D eigenvalue weighted by Gasteiger charge is -2.00. The van der Waals surface area contributed by atoms with E-state index in [9.17, 15) is 8.42 Å². The molecule has 0 saturated carbocycles. The molecule has 0 spiro atoms. The summed E-state index contributed by atoms with van der Waals surface area (Å²) < 4.78 is 27.5. The first-order valence-electron chi connectivity index (χ1n) is 4.98. The van der Waals surface area contributed by atoms with E-state index in [1.54, 1.807) is 14.0 Å². The maximum Gasteiger partial charge on any atom is 0.315 e. The van der Waals surface area contributed by atoms with Crippen molar-refractivity contribution in [2.24, 2.45) is 0 Å². The van der Waals surface area contributed by atoms with Gasteiger partial charge in [0.15, 0.2) is 9.84 Å². The zero-order valence-electron chi connectivity index (χ0n) is 9.36. The Hall–Kier alpha value is -1.15. The Kier molecular flexibility index (Phi) is 4.69. The fourth-order valence-corrected chi connectivity index (χ4v) is 1.71. The van der Waals surface area contributed by atoms with Crippen LogP contribution in [0.15, 0.2) is 4.42 Å². The summed E-state index contributed by atoms with van der Waals surface area (Å²) >= 11 is 0. The van der Waals surface area contributed by atoms with E-state index in [-0.39, 0.29) is 24.1 Å². The predicted octanol–water partition coefficient (Wildman–Crippen LogP) is -0.364. The van der Waals surface area contributed by atoms with Crippen LogP contribution in [0.25, 0.3) is 0 Å². The Morgan fingerprint density at radius 3 is 2.75 bits per heavy atom. The molecule has 2 N–H and O–H groups in total. The summed E-state index contributed by atoms with van der Waals surface area (Å²) in [6.07, 6.45) is 0. The summed E-state index contributed by atoms with van der Waals surface area (Å²) in [5.74, 6) is 0.667. The highest BCUT2D eigenvalue weighted by Gasteiger charge is 2.08. The van der Waals surface area contributed by atoms with E-state index in [0.29, 0.717) is 12.4 Å². The Bertz CT molecular complexity index is 415. The molecule has 92 valence electrons. The number of hydrogen-bond donors (Lipinski definition) is 2. The number of aromatic nitrogens is 2. The minimum atomic E-state index is -2.96. The van der Waals surface area contributed by atoms with Crippen LogP contribution in [0.4, 0.5) is 6.01 Å². The monoisotopic (exact) mass is 248 g/mol. The summed E-state index contributed by atoms with van der Waals surface area (Å²) in [4.78, 5) is 0. The molecule has 7 nitrogen and oxygen atoms in total. The fourth-order valence-electron chi connectivity index (χ4n) is 1.01. The van der Waals surface area contributed by atoms with E-state index in [1.807, 2.05) is 0 Å². The molecule has 0 aliphatic rings. The van der Waals surface area contributed by atoms with Gasteiger partial charge in [0.05, 0.1) is 12.3 Å². The van der Waals surface area contributed by atoms with Gasteiger partial charge in [0, 0.05) is 12.3 Å². The lowest BCUT2D eigenvalue weighted by atomic mass is 10.6. The highest BCUT2D eigenvalue weighted by atomic mass is 32.2. The summed E-state index contributed by atoms with van der Waals surface area (Å²) in [6, 6.07) is 0.247. The Morgan fingerprint density at radius 2 is 2.12 bits per heavy atom. The van der Waals surface area contributed by atoms with Crippen LogP contribution in [0.3, 0.4) is 0 Å². The van der Waals surface area contributed by atoms with Crippen molar-refractivity contribution >= 4 is 15.9 Å². The second-order valence-electron chi connectivity index (χ2n) is 3.19. The van der Waals surface area contributed by atoms with E-state index in [1.165, 1.54) is 0 Å².